The van der Waals surface area contributed by atoms with Crippen molar-refractivity contribution in [3.8, 4) is 0 Å². The molecule has 1 aromatic rings. The van der Waals surface area contributed by atoms with Gasteiger partial charge >= 0.3 is 0 Å². The van der Waals surface area contributed by atoms with Crippen LogP contribution in [0.1, 0.15) is 25.7 Å². The van der Waals surface area contributed by atoms with Crippen LogP contribution in [0, 0.1) is 5.82 Å². The Morgan fingerprint density at radius 2 is 2.47 bits per heavy atom. The van der Waals surface area contributed by atoms with E-state index in [4.69, 9.17) is 11.6 Å². The van der Waals surface area contributed by atoms with Gasteiger partial charge in [0.2, 0.25) is 5.28 Å². The molecule has 7 heteroatoms. The number of aliphatic hydroxyl groups is 1. The van der Waals surface area contributed by atoms with Crippen LogP contribution in [0.15, 0.2) is 6.20 Å². The lowest BCUT2D eigenvalue weighted by atomic mass is 9.83. The second-order valence-corrected chi connectivity index (χ2v) is 6.13. The smallest absolute Gasteiger partial charge is 0.224 e. The van der Waals surface area contributed by atoms with Gasteiger partial charge in [0.15, 0.2) is 11.6 Å². The molecule has 0 spiro atoms. The Bertz CT molecular complexity index is 447. The van der Waals surface area contributed by atoms with Crippen molar-refractivity contribution in [2.45, 2.75) is 37.3 Å². The molecule has 4 nitrogen and oxygen atoms in total. The number of nitrogens with zero attached hydrogens (tertiary/aromatic N) is 2. The highest BCUT2D eigenvalue weighted by Gasteiger charge is 2.34. The summed E-state index contributed by atoms with van der Waals surface area (Å²) in [7, 11) is 0. The van der Waals surface area contributed by atoms with Gasteiger partial charge in [-0.1, -0.05) is 0 Å². The van der Waals surface area contributed by atoms with E-state index in [0.29, 0.717) is 12.2 Å². The van der Waals surface area contributed by atoms with Gasteiger partial charge in [-0.3, -0.25) is 0 Å². The largest absolute Gasteiger partial charge is 0.389 e. The lowest BCUT2D eigenvalue weighted by Gasteiger charge is -2.37. The number of aromatic nitrogens is 2. The quantitative estimate of drug-likeness (QED) is 0.838. The van der Waals surface area contributed by atoms with E-state index in [1.807, 2.05) is 6.26 Å². The van der Waals surface area contributed by atoms with Gasteiger partial charge in [0.05, 0.1) is 11.8 Å². The number of anilines is 1. The Morgan fingerprint density at radius 1 is 1.68 bits per heavy atom. The molecule has 1 aliphatic carbocycles. The minimum Gasteiger partial charge on any atom is -0.389 e. The van der Waals surface area contributed by atoms with Gasteiger partial charge in [-0.05, 0) is 43.5 Å². The minimum atomic E-state index is -0.678. The molecule has 1 heterocycles. The molecule has 0 amide bonds. The molecule has 0 aliphatic heterocycles. The molecular weight excluding hydrogens is 289 g/mol. The second kappa shape index (κ2) is 6.24. The van der Waals surface area contributed by atoms with Gasteiger partial charge in [-0.2, -0.15) is 16.7 Å². The van der Waals surface area contributed by atoms with Crippen molar-refractivity contribution in [3.05, 3.63) is 17.3 Å². The van der Waals surface area contributed by atoms with Gasteiger partial charge in [0, 0.05) is 11.8 Å². The Morgan fingerprint density at radius 3 is 3.21 bits per heavy atom. The summed E-state index contributed by atoms with van der Waals surface area (Å²) in [5.74, 6) is 0.278. The Kier molecular flexibility index (Phi) is 4.86. The average Bonchev–Trinajstić information content (AvgIpc) is 2.34. The third kappa shape index (κ3) is 3.94. The van der Waals surface area contributed by atoms with Crippen molar-refractivity contribution in [2.24, 2.45) is 0 Å². The van der Waals surface area contributed by atoms with Crippen LogP contribution in [0.4, 0.5) is 10.2 Å². The highest BCUT2D eigenvalue weighted by Crippen LogP contribution is 2.32. The maximum Gasteiger partial charge on any atom is 0.224 e. The fourth-order valence-electron chi connectivity index (χ4n) is 2.50. The first-order valence-electron chi connectivity index (χ1n) is 6.18. The van der Waals surface area contributed by atoms with Crippen LogP contribution in [-0.2, 0) is 0 Å². The molecule has 0 bridgehead atoms. The number of hydrogen-bond donors (Lipinski definition) is 2. The molecule has 1 aliphatic rings. The molecule has 0 aromatic carbocycles. The van der Waals surface area contributed by atoms with E-state index >= 15 is 0 Å². The lowest BCUT2D eigenvalue weighted by Crippen LogP contribution is -2.42. The van der Waals surface area contributed by atoms with E-state index in [1.165, 1.54) is 0 Å². The second-order valence-electron chi connectivity index (χ2n) is 4.93. The first kappa shape index (κ1) is 14.8. The van der Waals surface area contributed by atoms with E-state index < -0.39 is 11.4 Å². The summed E-state index contributed by atoms with van der Waals surface area (Å²) in [6, 6.07) is 0.00590. The van der Waals surface area contributed by atoms with E-state index in [0.717, 1.165) is 25.5 Å². The zero-order chi connectivity index (χ0) is 13.9. The first-order chi connectivity index (χ1) is 9.02. The molecule has 2 N–H and O–H groups in total. The summed E-state index contributed by atoms with van der Waals surface area (Å²) in [6.07, 6.45) is 6.20. The number of rotatable bonds is 4. The highest BCUT2D eigenvalue weighted by molar-refractivity contribution is 7.98. The van der Waals surface area contributed by atoms with E-state index in [-0.39, 0.29) is 17.1 Å². The average molecular weight is 306 g/mol. The standard InChI is InChI=1S/C12H17ClFN3OS/c1-19-7-12(18)4-2-3-8(5-12)16-10-9(14)6-15-11(13)17-10/h6,8,18H,2-5,7H2,1H3,(H,15,16,17). The topological polar surface area (TPSA) is 58.0 Å². The number of thioether (sulfide) groups is 1. The van der Waals surface area contributed by atoms with Crippen molar-refractivity contribution >= 4 is 29.2 Å². The fraction of sp³-hybridized carbons (Fsp3) is 0.667. The summed E-state index contributed by atoms with van der Waals surface area (Å²) in [5, 5.41) is 13.5. The van der Waals surface area contributed by atoms with Gasteiger partial charge in [-0.15, -0.1) is 0 Å². The molecule has 19 heavy (non-hydrogen) atoms. The van der Waals surface area contributed by atoms with Crippen LogP contribution in [-0.4, -0.2) is 38.7 Å². The molecule has 1 saturated carbocycles. The van der Waals surface area contributed by atoms with Crippen molar-refractivity contribution in [2.75, 3.05) is 17.3 Å². The van der Waals surface area contributed by atoms with Crippen molar-refractivity contribution in [1.29, 1.82) is 0 Å². The van der Waals surface area contributed by atoms with E-state index in [1.54, 1.807) is 11.8 Å². The zero-order valence-corrected chi connectivity index (χ0v) is 12.3. The lowest BCUT2D eigenvalue weighted by molar-refractivity contribution is 0.0229. The van der Waals surface area contributed by atoms with Crippen LogP contribution in [0.25, 0.3) is 0 Å². The van der Waals surface area contributed by atoms with Crippen molar-refractivity contribution in [1.82, 2.24) is 9.97 Å². The van der Waals surface area contributed by atoms with Crippen LogP contribution in [0.3, 0.4) is 0 Å². The van der Waals surface area contributed by atoms with E-state index in [9.17, 15) is 9.50 Å². The van der Waals surface area contributed by atoms with Crippen LogP contribution in [0.2, 0.25) is 5.28 Å². The number of nitrogens with one attached hydrogen (secondary N) is 1. The molecular formula is C12H17ClFN3OS. The first-order valence-corrected chi connectivity index (χ1v) is 7.95. The summed E-state index contributed by atoms with van der Waals surface area (Å²) in [6.45, 7) is 0. The van der Waals surface area contributed by atoms with E-state index in [2.05, 4.69) is 15.3 Å². The summed E-state index contributed by atoms with van der Waals surface area (Å²) >= 11 is 7.28. The number of hydrogen-bond acceptors (Lipinski definition) is 5. The van der Waals surface area contributed by atoms with Gasteiger partial charge in [0.1, 0.15) is 0 Å². The normalized spacial score (nSPS) is 27.3. The van der Waals surface area contributed by atoms with Crippen LogP contribution < -0.4 is 5.32 Å². The zero-order valence-electron chi connectivity index (χ0n) is 10.7. The highest BCUT2D eigenvalue weighted by atomic mass is 35.5. The Hall–Kier alpha value is -0.590. The predicted molar refractivity (Wildman–Crippen MR) is 76.2 cm³/mol. The maximum atomic E-state index is 13.6. The van der Waals surface area contributed by atoms with Crippen LogP contribution in [0.5, 0.6) is 0 Å². The monoisotopic (exact) mass is 305 g/mol. The van der Waals surface area contributed by atoms with Gasteiger partial charge in [-0.25, -0.2) is 9.37 Å². The summed E-state index contributed by atoms with van der Waals surface area (Å²) in [5.41, 5.74) is -0.678. The number of halogens is 2. The Labute approximate surface area is 121 Å². The molecule has 0 radical (unpaired) electrons. The fourth-order valence-corrected chi connectivity index (χ4v) is 3.44. The Balaban J connectivity index is 2.04. The van der Waals surface area contributed by atoms with Gasteiger partial charge < -0.3 is 10.4 Å². The SMILES string of the molecule is CSCC1(O)CCCC(Nc2nc(Cl)ncc2F)C1. The maximum absolute atomic E-state index is 13.6. The van der Waals surface area contributed by atoms with Gasteiger partial charge in [0.25, 0.3) is 0 Å². The van der Waals surface area contributed by atoms with Crippen LogP contribution >= 0.6 is 23.4 Å². The molecule has 106 valence electrons. The third-order valence-electron chi connectivity index (χ3n) is 3.29. The van der Waals surface area contributed by atoms with Crippen molar-refractivity contribution < 1.29 is 9.50 Å². The molecule has 2 unspecified atom stereocenters. The molecule has 0 saturated heterocycles. The molecule has 1 aromatic heterocycles. The molecule has 2 rings (SSSR count). The molecule has 2 atom stereocenters. The minimum absolute atomic E-state index is 0.00590. The summed E-state index contributed by atoms with van der Waals surface area (Å²) in [4.78, 5) is 7.42. The molecule has 1 fully saturated rings. The predicted octanol–water partition coefficient (Wildman–Crippen LogP) is 2.72. The third-order valence-corrected chi connectivity index (χ3v) is 4.30. The summed E-state index contributed by atoms with van der Waals surface area (Å²) < 4.78 is 13.6. The van der Waals surface area contributed by atoms with Crippen molar-refractivity contribution in [3.63, 3.8) is 0 Å².